The number of amides is 3. The Kier molecular flexibility index (Phi) is 16.5. The van der Waals surface area contributed by atoms with Crippen molar-refractivity contribution in [1.82, 2.24) is 16.0 Å². The van der Waals surface area contributed by atoms with E-state index in [1.54, 1.807) is 0 Å². The third-order valence-corrected chi connectivity index (χ3v) is 5.51. The summed E-state index contributed by atoms with van der Waals surface area (Å²) in [6, 6.07) is -3.85. The average Bonchev–Trinajstić information content (AvgIpc) is 2.77. The van der Waals surface area contributed by atoms with E-state index in [0.29, 0.717) is 50.9 Å². The summed E-state index contributed by atoms with van der Waals surface area (Å²) >= 11 is 1.49. The monoisotopic (exact) mass is 504 g/mol. The molecule has 3 amide bonds. The lowest BCUT2D eigenvalue weighted by Crippen LogP contribution is -2.56. The molecule has 0 aliphatic carbocycles. The van der Waals surface area contributed by atoms with E-state index in [2.05, 4.69) is 20.9 Å². The molecule has 0 aliphatic rings. The van der Waals surface area contributed by atoms with Crippen LogP contribution in [-0.4, -0.2) is 84.0 Å². The maximum atomic E-state index is 12.8. The normalized spacial score (nSPS) is 14.2. The quantitative estimate of drug-likeness (QED) is 0.0569. The zero-order chi connectivity index (χ0) is 26.1. The number of hydrogen-bond acceptors (Lipinski definition) is 8. The Bertz CT molecular complexity index is 690. The standard InChI is InChI=1S/C20H40N8O5S/c1-12(16(29)28-15(19(32)33)7-3-4-9-21)26-18(31)14(8-11-34-2)27-17(30)13(22)6-5-10-25-20(23)24/h12-15H,3-11,21-22H2,1-2H3,(H,26,31)(H,27,30)(H,28,29)(H,32,33)(H4,23,24,25). The first-order valence-electron chi connectivity index (χ1n) is 11.2. The Hall–Kier alpha value is -2.58. The molecule has 0 rings (SSSR count). The molecule has 0 saturated heterocycles. The van der Waals surface area contributed by atoms with Crippen LogP contribution in [0.5, 0.6) is 0 Å². The second kappa shape index (κ2) is 17.8. The van der Waals surface area contributed by atoms with E-state index in [4.69, 9.17) is 22.9 Å². The lowest BCUT2D eigenvalue weighted by atomic mass is 10.1. The zero-order valence-electron chi connectivity index (χ0n) is 19.9. The molecule has 13 nitrogen and oxygen atoms in total. The Morgan fingerprint density at radius 1 is 0.912 bits per heavy atom. The van der Waals surface area contributed by atoms with Gasteiger partial charge < -0.3 is 44.0 Å². The Labute approximate surface area is 204 Å². The molecular formula is C20H40N8O5S. The molecule has 34 heavy (non-hydrogen) atoms. The number of nitrogens with two attached hydrogens (primary N) is 4. The van der Waals surface area contributed by atoms with Gasteiger partial charge in [-0.15, -0.1) is 0 Å². The van der Waals surface area contributed by atoms with Crippen molar-refractivity contribution in [3.8, 4) is 0 Å². The summed E-state index contributed by atoms with van der Waals surface area (Å²) in [5.74, 6) is -2.33. The number of carbonyl (C=O) groups excluding carboxylic acids is 3. The molecule has 196 valence electrons. The molecule has 4 atom stereocenters. The largest absolute Gasteiger partial charge is 0.480 e. The minimum Gasteiger partial charge on any atom is -0.480 e. The zero-order valence-corrected chi connectivity index (χ0v) is 20.7. The van der Waals surface area contributed by atoms with Gasteiger partial charge in [-0.3, -0.25) is 19.4 Å². The molecule has 12 N–H and O–H groups in total. The van der Waals surface area contributed by atoms with Crippen LogP contribution in [0, 0.1) is 0 Å². The number of guanidine groups is 1. The highest BCUT2D eigenvalue weighted by Crippen LogP contribution is 2.05. The van der Waals surface area contributed by atoms with Crippen LogP contribution in [0.15, 0.2) is 4.99 Å². The van der Waals surface area contributed by atoms with Crippen LogP contribution in [0.3, 0.4) is 0 Å². The predicted molar refractivity (Wildman–Crippen MR) is 133 cm³/mol. The van der Waals surface area contributed by atoms with Crippen molar-refractivity contribution < 1.29 is 24.3 Å². The maximum Gasteiger partial charge on any atom is 0.326 e. The number of thioether (sulfide) groups is 1. The van der Waals surface area contributed by atoms with Gasteiger partial charge in [0, 0.05) is 6.54 Å². The molecule has 0 radical (unpaired) electrons. The van der Waals surface area contributed by atoms with Crippen LogP contribution >= 0.6 is 11.8 Å². The van der Waals surface area contributed by atoms with Gasteiger partial charge in [0.1, 0.15) is 18.1 Å². The number of rotatable bonds is 18. The summed E-state index contributed by atoms with van der Waals surface area (Å²) < 4.78 is 0. The number of unbranched alkanes of at least 4 members (excludes halogenated alkanes) is 1. The third kappa shape index (κ3) is 13.9. The number of carbonyl (C=O) groups is 4. The number of carboxylic acid groups (broad SMARTS) is 1. The van der Waals surface area contributed by atoms with Gasteiger partial charge in [0.15, 0.2) is 5.96 Å². The van der Waals surface area contributed by atoms with Gasteiger partial charge in [-0.25, -0.2) is 4.79 Å². The Morgan fingerprint density at radius 3 is 2.12 bits per heavy atom. The molecule has 14 heteroatoms. The fourth-order valence-corrected chi connectivity index (χ4v) is 3.33. The first-order chi connectivity index (χ1) is 16.0. The maximum absolute atomic E-state index is 12.8. The molecule has 0 fully saturated rings. The van der Waals surface area contributed by atoms with E-state index in [1.165, 1.54) is 18.7 Å². The van der Waals surface area contributed by atoms with E-state index >= 15 is 0 Å². The van der Waals surface area contributed by atoms with E-state index < -0.39 is 47.9 Å². The molecule has 0 saturated carbocycles. The Balaban J connectivity index is 4.92. The number of aliphatic imine (C=N–C) groups is 1. The summed E-state index contributed by atoms with van der Waals surface area (Å²) in [5.41, 5.74) is 21.8. The summed E-state index contributed by atoms with van der Waals surface area (Å²) in [6.45, 7) is 2.20. The lowest BCUT2D eigenvalue weighted by molar-refractivity contribution is -0.142. The molecule has 0 aromatic rings. The number of nitrogens with one attached hydrogen (secondary N) is 3. The van der Waals surface area contributed by atoms with Gasteiger partial charge in [-0.2, -0.15) is 11.8 Å². The highest BCUT2D eigenvalue weighted by molar-refractivity contribution is 7.98. The van der Waals surface area contributed by atoms with Crippen molar-refractivity contribution in [2.24, 2.45) is 27.9 Å². The highest BCUT2D eigenvalue weighted by atomic mass is 32.2. The van der Waals surface area contributed by atoms with Gasteiger partial charge in [-0.1, -0.05) is 0 Å². The number of aliphatic carboxylic acids is 1. The van der Waals surface area contributed by atoms with Crippen molar-refractivity contribution in [3.63, 3.8) is 0 Å². The number of nitrogens with zero attached hydrogens (tertiary/aromatic N) is 1. The van der Waals surface area contributed by atoms with Gasteiger partial charge in [0.05, 0.1) is 6.04 Å². The van der Waals surface area contributed by atoms with Crippen LogP contribution in [0.2, 0.25) is 0 Å². The van der Waals surface area contributed by atoms with E-state index in [1.807, 2.05) is 6.26 Å². The van der Waals surface area contributed by atoms with Crippen LogP contribution in [-0.2, 0) is 19.2 Å². The summed E-state index contributed by atoms with van der Waals surface area (Å²) in [4.78, 5) is 52.9. The minimum absolute atomic E-state index is 0.0461. The van der Waals surface area contributed by atoms with Gasteiger partial charge in [0.25, 0.3) is 0 Å². The number of hydrogen-bond donors (Lipinski definition) is 8. The van der Waals surface area contributed by atoms with Crippen LogP contribution in [0.25, 0.3) is 0 Å². The SMILES string of the molecule is CSCCC(NC(=O)C(N)CCCN=C(N)N)C(=O)NC(C)C(=O)NC(CCCCN)C(=O)O. The van der Waals surface area contributed by atoms with E-state index in [9.17, 15) is 24.3 Å². The summed E-state index contributed by atoms with van der Waals surface area (Å²) in [7, 11) is 0. The van der Waals surface area contributed by atoms with Crippen molar-refractivity contribution in [3.05, 3.63) is 0 Å². The molecule has 0 spiro atoms. The fourth-order valence-electron chi connectivity index (χ4n) is 2.86. The first-order valence-corrected chi connectivity index (χ1v) is 12.6. The molecule has 0 aromatic heterocycles. The predicted octanol–water partition coefficient (Wildman–Crippen LogP) is -2.19. The van der Waals surface area contributed by atoms with Crippen molar-refractivity contribution >= 4 is 41.4 Å². The van der Waals surface area contributed by atoms with Crippen LogP contribution in [0.4, 0.5) is 0 Å². The molecule has 0 heterocycles. The molecular weight excluding hydrogens is 464 g/mol. The average molecular weight is 505 g/mol. The van der Waals surface area contributed by atoms with Crippen molar-refractivity contribution in [2.75, 3.05) is 25.1 Å². The van der Waals surface area contributed by atoms with Gasteiger partial charge in [-0.05, 0) is 64.0 Å². The van der Waals surface area contributed by atoms with Gasteiger partial charge >= 0.3 is 5.97 Å². The minimum atomic E-state index is -1.16. The van der Waals surface area contributed by atoms with Crippen molar-refractivity contribution in [2.45, 2.75) is 69.6 Å². The molecule has 0 bridgehead atoms. The topological polar surface area (TPSA) is 241 Å². The Morgan fingerprint density at radius 2 is 1.56 bits per heavy atom. The van der Waals surface area contributed by atoms with E-state index in [0.717, 1.165) is 0 Å². The fraction of sp³-hybridized carbons (Fsp3) is 0.750. The highest BCUT2D eigenvalue weighted by Gasteiger charge is 2.28. The lowest BCUT2D eigenvalue weighted by Gasteiger charge is -2.23. The molecule has 0 aliphatic heterocycles. The first kappa shape index (κ1) is 31.4. The van der Waals surface area contributed by atoms with Crippen LogP contribution < -0.4 is 38.9 Å². The molecule has 4 unspecified atom stereocenters. The van der Waals surface area contributed by atoms with Gasteiger partial charge in [0.2, 0.25) is 17.7 Å². The van der Waals surface area contributed by atoms with Crippen molar-refractivity contribution in [1.29, 1.82) is 0 Å². The van der Waals surface area contributed by atoms with E-state index in [-0.39, 0.29) is 12.4 Å². The second-order valence-corrected chi connectivity index (χ2v) is 8.80. The van der Waals surface area contributed by atoms with Crippen LogP contribution in [0.1, 0.15) is 45.4 Å². The summed E-state index contributed by atoms with van der Waals surface area (Å²) in [5, 5.41) is 16.9. The number of carboxylic acids is 1. The molecule has 0 aromatic carbocycles. The smallest absolute Gasteiger partial charge is 0.326 e. The summed E-state index contributed by atoms with van der Waals surface area (Å²) in [6.07, 6.45) is 4.40. The second-order valence-electron chi connectivity index (χ2n) is 7.81. The third-order valence-electron chi connectivity index (χ3n) is 4.86.